The Hall–Kier alpha value is -3.16. The second-order valence-electron chi connectivity index (χ2n) is 7.65. The molecule has 1 aromatic heterocycles. The van der Waals surface area contributed by atoms with Gasteiger partial charge in [0.1, 0.15) is 5.69 Å². The van der Waals surface area contributed by atoms with Gasteiger partial charge in [0.05, 0.1) is 19.3 Å². The van der Waals surface area contributed by atoms with Crippen LogP contribution in [0.15, 0.2) is 18.2 Å². The number of hydrogen-bond acceptors (Lipinski definition) is 5. The number of nitrogens with one attached hydrogen (secondary N) is 1. The fourth-order valence-electron chi connectivity index (χ4n) is 4.07. The van der Waals surface area contributed by atoms with E-state index in [4.69, 9.17) is 9.47 Å². The Morgan fingerprint density at radius 3 is 2.65 bits per heavy atom. The average Bonchev–Trinajstić information content (AvgIpc) is 3.06. The van der Waals surface area contributed by atoms with Gasteiger partial charge in [-0.2, -0.15) is 0 Å². The first-order valence-corrected chi connectivity index (χ1v) is 10.3. The second-order valence-corrected chi connectivity index (χ2v) is 7.65. The largest absolute Gasteiger partial charge is 0.494 e. The van der Waals surface area contributed by atoms with Crippen LogP contribution in [0.5, 0.6) is 5.75 Å². The van der Waals surface area contributed by atoms with E-state index in [0.717, 1.165) is 0 Å². The molecule has 1 aliphatic heterocycles. The summed E-state index contributed by atoms with van der Waals surface area (Å²) in [7, 11) is 1.36. The molecule has 2 heterocycles. The van der Waals surface area contributed by atoms with Crippen LogP contribution in [-0.4, -0.2) is 54.3 Å². The lowest BCUT2D eigenvalue weighted by molar-refractivity contribution is 0.0519. The first-order valence-electron chi connectivity index (χ1n) is 10.3. The highest BCUT2D eigenvalue weighted by atomic mass is 19.1. The Morgan fingerprint density at radius 1 is 1.26 bits per heavy atom. The van der Waals surface area contributed by atoms with Crippen molar-refractivity contribution in [2.24, 2.45) is 5.92 Å². The molecule has 8 heteroatoms. The summed E-state index contributed by atoms with van der Waals surface area (Å²) < 4.78 is 24.0. The van der Waals surface area contributed by atoms with Gasteiger partial charge < -0.3 is 19.4 Å². The maximum atomic E-state index is 14.0. The number of aromatic nitrogens is 1. The number of halogens is 1. The van der Waals surface area contributed by atoms with Crippen LogP contribution in [0.4, 0.5) is 4.39 Å². The van der Waals surface area contributed by atoms with Gasteiger partial charge in [-0.3, -0.25) is 9.59 Å². The standard InChI is InChI=1S/C23H27FN2O5/c1-5-31-23(29)20-13(2)19(14(3)25-20)22(28)26-10-6-7-16(12-26)21(27)15-8-9-18(30-4)17(24)11-15/h8-9,11,16,25H,5-7,10,12H2,1-4H3/t16-/m1/s1. The zero-order valence-corrected chi connectivity index (χ0v) is 18.2. The van der Waals surface area contributed by atoms with Gasteiger partial charge in [0.2, 0.25) is 0 Å². The van der Waals surface area contributed by atoms with Crippen LogP contribution >= 0.6 is 0 Å². The van der Waals surface area contributed by atoms with Gasteiger partial charge in [-0.1, -0.05) is 0 Å². The number of aromatic amines is 1. The van der Waals surface area contributed by atoms with Crippen LogP contribution < -0.4 is 4.74 Å². The molecule has 0 bridgehead atoms. The molecule has 1 N–H and O–H groups in total. The first kappa shape index (κ1) is 22.5. The van der Waals surface area contributed by atoms with Gasteiger partial charge in [-0.15, -0.1) is 0 Å². The van der Waals surface area contributed by atoms with Crippen molar-refractivity contribution in [3.63, 3.8) is 0 Å². The molecule has 1 aliphatic rings. The zero-order chi connectivity index (χ0) is 22.7. The van der Waals surface area contributed by atoms with Crippen molar-refractivity contribution in [1.29, 1.82) is 0 Å². The van der Waals surface area contributed by atoms with Crippen LogP contribution in [0.3, 0.4) is 0 Å². The highest BCUT2D eigenvalue weighted by Gasteiger charge is 2.32. The van der Waals surface area contributed by atoms with Crippen LogP contribution in [0, 0.1) is 25.6 Å². The third-order valence-electron chi connectivity index (χ3n) is 5.65. The number of likely N-dealkylation sites (tertiary alicyclic amines) is 1. The number of benzene rings is 1. The van der Waals surface area contributed by atoms with Crippen molar-refractivity contribution in [2.45, 2.75) is 33.6 Å². The van der Waals surface area contributed by atoms with Gasteiger partial charge in [0.15, 0.2) is 17.3 Å². The Labute approximate surface area is 180 Å². The molecule has 2 aromatic rings. The van der Waals surface area contributed by atoms with Crippen LogP contribution in [0.1, 0.15) is 62.2 Å². The normalized spacial score (nSPS) is 16.2. The molecule has 1 saturated heterocycles. The van der Waals surface area contributed by atoms with E-state index in [-0.39, 0.29) is 41.8 Å². The van der Waals surface area contributed by atoms with E-state index in [9.17, 15) is 18.8 Å². The lowest BCUT2D eigenvalue weighted by atomic mass is 9.89. The number of Topliss-reactive ketones (excluding diaryl/α,β-unsaturated/α-hetero) is 1. The maximum Gasteiger partial charge on any atom is 0.355 e. The number of piperidine rings is 1. The molecule has 0 saturated carbocycles. The molecule has 3 rings (SSSR count). The molecule has 1 atom stereocenters. The molecular formula is C23H27FN2O5. The minimum Gasteiger partial charge on any atom is -0.494 e. The smallest absolute Gasteiger partial charge is 0.355 e. The van der Waals surface area contributed by atoms with Crippen molar-refractivity contribution in [3.05, 3.63) is 52.1 Å². The molecule has 0 aliphatic carbocycles. The summed E-state index contributed by atoms with van der Waals surface area (Å²) in [6.07, 6.45) is 1.28. The molecule has 0 spiro atoms. The third kappa shape index (κ3) is 4.47. The fraction of sp³-hybridized carbons (Fsp3) is 0.435. The molecule has 1 amide bonds. The van der Waals surface area contributed by atoms with Crippen molar-refractivity contribution in [3.8, 4) is 5.75 Å². The number of carbonyl (C=O) groups excluding carboxylic acids is 3. The number of rotatable bonds is 6. The van der Waals surface area contributed by atoms with Crippen molar-refractivity contribution in [2.75, 3.05) is 26.8 Å². The Morgan fingerprint density at radius 2 is 2.00 bits per heavy atom. The summed E-state index contributed by atoms with van der Waals surface area (Å²) in [5.41, 5.74) is 2.06. The predicted octanol–water partition coefficient (Wildman–Crippen LogP) is 3.69. The Kier molecular flexibility index (Phi) is 6.77. The van der Waals surface area contributed by atoms with Crippen molar-refractivity contribution >= 4 is 17.7 Å². The summed E-state index contributed by atoms with van der Waals surface area (Å²) in [5, 5.41) is 0. The summed E-state index contributed by atoms with van der Waals surface area (Å²) in [6.45, 7) is 6.14. The molecule has 31 heavy (non-hydrogen) atoms. The van der Waals surface area contributed by atoms with E-state index >= 15 is 0 Å². The van der Waals surface area contributed by atoms with Gasteiger partial charge in [0.25, 0.3) is 5.91 Å². The van der Waals surface area contributed by atoms with Gasteiger partial charge in [-0.25, -0.2) is 9.18 Å². The van der Waals surface area contributed by atoms with E-state index < -0.39 is 17.7 Å². The minimum absolute atomic E-state index is 0.0767. The average molecular weight is 430 g/mol. The maximum absolute atomic E-state index is 14.0. The van der Waals surface area contributed by atoms with Crippen LogP contribution in [0.25, 0.3) is 0 Å². The third-order valence-corrected chi connectivity index (χ3v) is 5.65. The highest BCUT2D eigenvalue weighted by Crippen LogP contribution is 2.27. The number of esters is 1. The number of aryl methyl sites for hydroxylation is 1. The van der Waals surface area contributed by atoms with E-state index in [1.54, 1.807) is 25.7 Å². The number of H-pyrrole nitrogens is 1. The number of hydrogen-bond donors (Lipinski definition) is 1. The topological polar surface area (TPSA) is 88.7 Å². The zero-order valence-electron chi connectivity index (χ0n) is 18.2. The van der Waals surface area contributed by atoms with E-state index in [1.807, 2.05) is 0 Å². The number of nitrogens with zero attached hydrogens (tertiary/aromatic N) is 1. The second kappa shape index (κ2) is 9.32. The van der Waals surface area contributed by atoms with Crippen LogP contribution in [0.2, 0.25) is 0 Å². The Balaban J connectivity index is 1.79. The molecule has 7 nitrogen and oxygen atoms in total. The van der Waals surface area contributed by atoms with E-state index in [2.05, 4.69) is 4.98 Å². The quantitative estimate of drug-likeness (QED) is 0.558. The van der Waals surface area contributed by atoms with Gasteiger partial charge in [0, 0.05) is 30.3 Å². The molecule has 1 aromatic carbocycles. The number of ether oxygens (including phenoxy) is 2. The van der Waals surface area contributed by atoms with Gasteiger partial charge >= 0.3 is 5.97 Å². The molecule has 0 radical (unpaired) electrons. The van der Waals surface area contributed by atoms with Crippen LogP contribution in [-0.2, 0) is 4.74 Å². The lowest BCUT2D eigenvalue weighted by Crippen LogP contribution is -2.42. The molecule has 0 unspecified atom stereocenters. The van der Waals surface area contributed by atoms with Crippen molar-refractivity contribution in [1.82, 2.24) is 9.88 Å². The summed E-state index contributed by atoms with van der Waals surface area (Å²) in [4.78, 5) is 42.9. The number of methoxy groups -OCH3 is 1. The first-order chi connectivity index (χ1) is 14.8. The summed E-state index contributed by atoms with van der Waals surface area (Å²) in [5.74, 6) is -1.88. The van der Waals surface area contributed by atoms with E-state index in [1.165, 1.54) is 25.3 Å². The predicted molar refractivity (Wildman–Crippen MR) is 112 cm³/mol. The molecular weight excluding hydrogens is 403 g/mol. The fourth-order valence-corrected chi connectivity index (χ4v) is 4.07. The number of ketones is 1. The summed E-state index contributed by atoms with van der Waals surface area (Å²) in [6, 6.07) is 4.14. The minimum atomic E-state index is -0.595. The van der Waals surface area contributed by atoms with Gasteiger partial charge in [-0.05, 0) is 57.4 Å². The summed E-state index contributed by atoms with van der Waals surface area (Å²) >= 11 is 0. The van der Waals surface area contributed by atoms with Crippen molar-refractivity contribution < 1.29 is 28.2 Å². The SMILES string of the molecule is CCOC(=O)c1[nH]c(C)c(C(=O)N2CCC[C@@H](C(=O)c3ccc(OC)c(F)c3)C2)c1C. The number of amides is 1. The highest BCUT2D eigenvalue weighted by molar-refractivity contribution is 6.02. The number of carbonyl (C=O) groups is 3. The lowest BCUT2D eigenvalue weighted by Gasteiger charge is -2.32. The van der Waals surface area contributed by atoms with E-state index in [0.29, 0.717) is 36.2 Å². The molecule has 1 fully saturated rings. The molecule has 166 valence electrons. The monoisotopic (exact) mass is 430 g/mol. The Bertz CT molecular complexity index is 1010.